The van der Waals surface area contributed by atoms with E-state index >= 15 is 0 Å². The molecule has 7 heteroatoms. The summed E-state index contributed by atoms with van der Waals surface area (Å²) in [7, 11) is 1.56. The van der Waals surface area contributed by atoms with Crippen LogP contribution in [0.2, 0.25) is 0 Å². The van der Waals surface area contributed by atoms with Crippen molar-refractivity contribution in [3.8, 4) is 0 Å². The molecule has 0 fully saturated rings. The molecule has 0 saturated heterocycles. The number of carbonyl (C=O) groups is 2. The van der Waals surface area contributed by atoms with Crippen LogP contribution in [-0.2, 0) is 17.8 Å². The Morgan fingerprint density at radius 3 is 2.50 bits per heavy atom. The summed E-state index contributed by atoms with van der Waals surface area (Å²) in [5, 5.41) is 5.34. The van der Waals surface area contributed by atoms with Crippen molar-refractivity contribution < 1.29 is 9.59 Å². The summed E-state index contributed by atoms with van der Waals surface area (Å²) in [5.41, 5.74) is 2.96. The number of benzene rings is 2. The molecule has 0 saturated carbocycles. The second-order valence-corrected chi connectivity index (χ2v) is 7.06. The van der Waals surface area contributed by atoms with Gasteiger partial charge in [0.1, 0.15) is 5.69 Å². The SMILES string of the molecule is CCCCn1c(=O)c(CCC(=O)Nc2ccc(C(=O)NC)cc2)nc2ccccc21. The molecule has 0 aliphatic heterocycles. The van der Waals surface area contributed by atoms with Gasteiger partial charge in [-0.05, 0) is 42.8 Å². The fourth-order valence-electron chi connectivity index (χ4n) is 3.25. The van der Waals surface area contributed by atoms with Crippen molar-refractivity contribution >= 4 is 28.5 Å². The molecule has 2 amide bonds. The second kappa shape index (κ2) is 9.82. The zero-order chi connectivity index (χ0) is 21.5. The fraction of sp³-hybridized carbons (Fsp3) is 0.304. The van der Waals surface area contributed by atoms with Crippen LogP contribution in [0.25, 0.3) is 11.0 Å². The highest BCUT2D eigenvalue weighted by Gasteiger charge is 2.13. The first-order valence-electron chi connectivity index (χ1n) is 10.1. The Balaban J connectivity index is 1.72. The van der Waals surface area contributed by atoms with Crippen LogP contribution in [0.1, 0.15) is 42.2 Å². The summed E-state index contributed by atoms with van der Waals surface area (Å²) in [5.74, 6) is -0.397. The van der Waals surface area contributed by atoms with Crippen LogP contribution in [0.15, 0.2) is 53.3 Å². The van der Waals surface area contributed by atoms with E-state index in [1.54, 1.807) is 35.9 Å². The molecule has 7 nitrogen and oxygen atoms in total. The predicted molar refractivity (Wildman–Crippen MR) is 118 cm³/mol. The van der Waals surface area contributed by atoms with Gasteiger partial charge in [0.2, 0.25) is 5.91 Å². The van der Waals surface area contributed by atoms with E-state index in [1.165, 1.54) is 0 Å². The molecule has 3 rings (SSSR count). The van der Waals surface area contributed by atoms with E-state index in [-0.39, 0.29) is 30.2 Å². The maximum absolute atomic E-state index is 12.9. The van der Waals surface area contributed by atoms with Crippen molar-refractivity contribution in [1.29, 1.82) is 0 Å². The monoisotopic (exact) mass is 406 g/mol. The molecule has 0 aliphatic rings. The fourth-order valence-corrected chi connectivity index (χ4v) is 3.25. The molecule has 1 heterocycles. The van der Waals surface area contributed by atoms with Crippen LogP contribution in [0, 0.1) is 0 Å². The normalized spacial score (nSPS) is 10.7. The smallest absolute Gasteiger partial charge is 0.272 e. The number of amides is 2. The molecule has 0 unspecified atom stereocenters. The minimum Gasteiger partial charge on any atom is -0.355 e. The molecule has 30 heavy (non-hydrogen) atoms. The van der Waals surface area contributed by atoms with Gasteiger partial charge in [0, 0.05) is 37.7 Å². The Labute approximate surface area is 175 Å². The second-order valence-electron chi connectivity index (χ2n) is 7.06. The number of carbonyl (C=O) groups excluding carboxylic acids is 2. The predicted octanol–water partition coefficient (Wildman–Crippen LogP) is 3.13. The van der Waals surface area contributed by atoms with Gasteiger partial charge in [-0.15, -0.1) is 0 Å². The van der Waals surface area contributed by atoms with Crippen LogP contribution >= 0.6 is 0 Å². The molecule has 3 aromatic rings. The van der Waals surface area contributed by atoms with Crippen molar-refractivity contribution in [1.82, 2.24) is 14.9 Å². The van der Waals surface area contributed by atoms with E-state index in [9.17, 15) is 14.4 Å². The molecule has 0 atom stereocenters. The van der Waals surface area contributed by atoms with E-state index in [1.807, 2.05) is 24.3 Å². The van der Waals surface area contributed by atoms with Crippen molar-refractivity contribution in [2.45, 2.75) is 39.2 Å². The number of anilines is 1. The summed E-state index contributed by atoms with van der Waals surface area (Å²) in [6.07, 6.45) is 2.29. The highest BCUT2D eigenvalue weighted by molar-refractivity contribution is 5.95. The summed E-state index contributed by atoms with van der Waals surface area (Å²) < 4.78 is 1.76. The number of nitrogens with one attached hydrogen (secondary N) is 2. The first-order valence-corrected chi connectivity index (χ1v) is 10.1. The summed E-state index contributed by atoms with van der Waals surface area (Å²) in [4.78, 5) is 41.4. The zero-order valence-electron chi connectivity index (χ0n) is 17.3. The number of rotatable bonds is 8. The van der Waals surface area contributed by atoms with Gasteiger partial charge in [0.05, 0.1) is 11.0 Å². The van der Waals surface area contributed by atoms with Crippen LogP contribution in [-0.4, -0.2) is 28.4 Å². The van der Waals surface area contributed by atoms with Crippen molar-refractivity contribution in [2.24, 2.45) is 0 Å². The molecule has 0 bridgehead atoms. The Hall–Kier alpha value is -3.48. The van der Waals surface area contributed by atoms with E-state index < -0.39 is 0 Å². The lowest BCUT2D eigenvalue weighted by molar-refractivity contribution is -0.116. The topological polar surface area (TPSA) is 93.1 Å². The van der Waals surface area contributed by atoms with Gasteiger partial charge < -0.3 is 15.2 Å². The molecular weight excluding hydrogens is 380 g/mol. The number of aromatic nitrogens is 2. The Morgan fingerprint density at radius 1 is 1.07 bits per heavy atom. The van der Waals surface area contributed by atoms with Crippen molar-refractivity contribution in [2.75, 3.05) is 12.4 Å². The molecule has 0 spiro atoms. The van der Waals surface area contributed by atoms with E-state index in [4.69, 9.17) is 0 Å². The highest BCUT2D eigenvalue weighted by Crippen LogP contribution is 2.13. The lowest BCUT2D eigenvalue weighted by atomic mass is 10.1. The lowest BCUT2D eigenvalue weighted by Gasteiger charge is -2.12. The number of aryl methyl sites for hydroxylation is 2. The maximum atomic E-state index is 12.9. The third-order valence-electron chi connectivity index (χ3n) is 4.90. The number of para-hydroxylation sites is 2. The summed E-state index contributed by atoms with van der Waals surface area (Å²) in [6, 6.07) is 14.2. The van der Waals surface area contributed by atoms with Gasteiger partial charge in [-0.1, -0.05) is 25.5 Å². The first kappa shape index (κ1) is 21.2. The van der Waals surface area contributed by atoms with E-state index in [2.05, 4.69) is 22.5 Å². The summed E-state index contributed by atoms with van der Waals surface area (Å²) in [6.45, 7) is 2.72. The Morgan fingerprint density at radius 2 is 1.80 bits per heavy atom. The minimum atomic E-state index is -0.211. The average Bonchev–Trinajstić information content (AvgIpc) is 2.77. The number of hydrogen-bond acceptors (Lipinski definition) is 4. The standard InChI is InChI=1S/C23H26N4O3/c1-3-4-15-27-20-8-6-5-7-18(20)26-19(23(27)30)13-14-21(28)25-17-11-9-16(10-12-17)22(29)24-2/h5-12H,3-4,13-15H2,1-2H3,(H,24,29)(H,25,28). The van der Waals surface area contributed by atoms with Gasteiger partial charge >= 0.3 is 0 Å². The third kappa shape index (κ3) is 4.92. The lowest BCUT2D eigenvalue weighted by Crippen LogP contribution is -2.27. The molecule has 2 N–H and O–H groups in total. The van der Waals surface area contributed by atoms with Crippen molar-refractivity contribution in [3.05, 3.63) is 70.1 Å². The Bertz CT molecular complexity index is 1100. The van der Waals surface area contributed by atoms with Gasteiger partial charge in [-0.25, -0.2) is 4.98 Å². The number of hydrogen-bond donors (Lipinski definition) is 2. The van der Waals surface area contributed by atoms with Gasteiger partial charge in [0.25, 0.3) is 11.5 Å². The zero-order valence-corrected chi connectivity index (χ0v) is 17.3. The van der Waals surface area contributed by atoms with Gasteiger partial charge in [-0.2, -0.15) is 0 Å². The molecule has 156 valence electrons. The quantitative estimate of drug-likeness (QED) is 0.601. The van der Waals surface area contributed by atoms with Crippen LogP contribution in [0.4, 0.5) is 5.69 Å². The molecule has 2 aromatic carbocycles. The van der Waals surface area contributed by atoms with E-state index in [0.29, 0.717) is 23.5 Å². The minimum absolute atomic E-state index is 0.134. The average molecular weight is 406 g/mol. The molecular formula is C23H26N4O3. The first-order chi connectivity index (χ1) is 14.5. The van der Waals surface area contributed by atoms with Crippen LogP contribution in [0.5, 0.6) is 0 Å². The van der Waals surface area contributed by atoms with E-state index in [0.717, 1.165) is 23.9 Å². The number of unbranched alkanes of at least 4 members (excludes halogenated alkanes) is 1. The van der Waals surface area contributed by atoms with Gasteiger partial charge in [-0.3, -0.25) is 14.4 Å². The molecule has 1 aromatic heterocycles. The molecule has 0 aliphatic carbocycles. The highest BCUT2D eigenvalue weighted by atomic mass is 16.2. The maximum Gasteiger partial charge on any atom is 0.272 e. The number of fused-ring (bicyclic) bond motifs is 1. The largest absolute Gasteiger partial charge is 0.355 e. The molecule has 0 radical (unpaired) electrons. The van der Waals surface area contributed by atoms with Crippen LogP contribution < -0.4 is 16.2 Å². The van der Waals surface area contributed by atoms with Gasteiger partial charge in [0.15, 0.2) is 0 Å². The third-order valence-corrected chi connectivity index (χ3v) is 4.90. The summed E-state index contributed by atoms with van der Waals surface area (Å²) >= 11 is 0. The Kier molecular flexibility index (Phi) is 6.95. The van der Waals surface area contributed by atoms with Crippen LogP contribution in [0.3, 0.4) is 0 Å². The van der Waals surface area contributed by atoms with Crippen molar-refractivity contribution in [3.63, 3.8) is 0 Å². The number of nitrogens with zero attached hydrogens (tertiary/aromatic N) is 2.